The zero-order chi connectivity index (χ0) is 13.9. The zero-order valence-electron chi connectivity index (χ0n) is 8.67. The Morgan fingerprint density at radius 3 is 2.39 bits per heavy atom. The summed E-state index contributed by atoms with van der Waals surface area (Å²) >= 11 is 2.67. The van der Waals surface area contributed by atoms with Crippen LogP contribution in [0.25, 0.3) is 0 Å². The van der Waals surface area contributed by atoms with Crippen molar-refractivity contribution in [1.29, 1.82) is 0 Å². The predicted octanol–water partition coefficient (Wildman–Crippen LogP) is 2.21. The van der Waals surface area contributed by atoms with Gasteiger partial charge in [-0.1, -0.05) is 0 Å². The minimum absolute atomic E-state index is 0.394. The summed E-state index contributed by atoms with van der Waals surface area (Å²) in [5.41, 5.74) is 8.51. The number of hydrogen-bond acceptors (Lipinski definition) is 2. The maximum Gasteiger partial charge on any atom is 0.417 e. The first kappa shape index (κ1) is 14.4. The van der Waals surface area contributed by atoms with Gasteiger partial charge in [-0.15, -0.1) is 5.10 Å². The van der Waals surface area contributed by atoms with E-state index in [1.165, 1.54) is 0 Å². The minimum Gasteiger partial charge on any atom is -0.369 e. The van der Waals surface area contributed by atoms with Crippen molar-refractivity contribution in [1.82, 2.24) is 0 Å². The average Bonchev–Trinajstić information content (AvgIpc) is 2.20. The van der Waals surface area contributed by atoms with E-state index in [-0.39, 0.29) is 0 Å². The summed E-state index contributed by atoms with van der Waals surface area (Å²) in [6.07, 6.45) is -3.82. The van der Waals surface area contributed by atoms with Gasteiger partial charge in [-0.25, -0.2) is 4.39 Å². The smallest absolute Gasteiger partial charge is 0.369 e. The van der Waals surface area contributed by atoms with Gasteiger partial charge in [-0.2, -0.15) is 18.3 Å². The largest absolute Gasteiger partial charge is 0.417 e. The van der Waals surface area contributed by atoms with Gasteiger partial charge in [0.15, 0.2) is 0 Å². The number of rotatable bonds is 2. The first-order valence-electron chi connectivity index (χ1n) is 4.40. The van der Waals surface area contributed by atoms with Crippen LogP contribution in [0.5, 0.6) is 0 Å². The molecule has 1 aromatic carbocycles. The molecule has 0 fully saturated rings. The van der Waals surface area contributed by atoms with Gasteiger partial charge in [-0.05, 0) is 28.1 Å². The average molecular weight is 327 g/mol. The molecule has 18 heavy (non-hydrogen) atoms. The Labute approximate surface area is 107 Å². The lowest BCUT2D eigenvalue weighted by Crippen LogP contribution is -2.21. The molecule has 98 valence electrons. The Kier molecular flexibility index (Phi) is 4.28. The van der Waals surface area contributed by atoms with Crippen molar-refractivity contribution in [3.63, 3.8) is 0 Å². The molecule has 0 radical (unpaired) electrons. The van der Waals surface area contributed by atoms with Gasteiger partial charge >= 0.3 is 6.18 Å². The third kappa shape index (κ3) is 3.42. The van der Waals surface area contributed by atoms with E-state index in [0.717, 1.165) is 6.21 Å². The van der Waals surface area contributed by atoms with Crippen molar-refractivity contribution in [3.8, 4) is 0 Å². The highest BCUT2D eigenvalue weighted by molar-refractivity contribution is 9.10. The Bertz CT molecular complexity index is 506. The second kappa shape index (κ2) is 5.34. The quantitative estimate of drug-likeness (QED) is 0.378. The van der Waals surface area contributed by atoms with Crippen LogP contribution in [0.2, 0.25) is 0 Å². The van der Waals surface area contributed by atoms with Crippen molar-refractivity contribution in [3.05, 3.63) is 33.5 Å². The molecule has 9 heteroatoms. The van der Waals surface area contributed by atoms with Crippen molar-refractivity contribution >= 4 is 28.1 Å². The molecule has 0 aliphatic heterocycles. The topological polar surface area (TPSA) is 76.8 Å². The van der Waals surface area contributed by atoms with Crippen LogP contribution >= 0.6 is 15.9 Å². The molecule has 1 aromatic rings. The molecule has 0 amide bonds. The number of nitrogens with zero attached hydrogens (tertiary/aromatic N) is 2. The summed E-state index contributed by atoms with van der Waals surface area (Å²) < 4.78 is 50.5. The first-order chi connectivity index (χ1) is 8.23. The maximum atomic E-state index is 13.3. The van der Waals surface area contributed by atoms with E-state index in [0.29, 0.717) is 12.1 Å². The monoisotopic (exact) mass is 326 g/mol. The number of benzene rings is 1. The fourth-order valence-corrected chi connectivity index (χ4v) is 1.71. The van der Waals surface area contributed by atoms with E-state index in [4.69, 9.17) is 11.5 Å². The number of nitrogens with two attached hydrogens (primary N) is 2. The van der Waals surface area contributed by atoms with Crippen molar-refractivity contribution < 1.29 is 17.6 Å². The van der Waals surface area contributed by atoms with E-state index in [1.807, 2.05) is 0 Å². The second-order valence-electron chi connectivity index (χ2n) is 3.09. The van der Waals surface area contributed by atoms with E-state index in [9.17, 15) is 17.6 Å². The highest BCUT2D eigenvalue weighted by Gasteiger charge is 2.34. The molecule has 0 saturated heterocycles. The molecular weight excluding hydrogens is 320 g/mol. The SMILES string of the molecule is NC(N)=NN=Cc1c(F)ccc(C(F)(F)F)c1Br. The van der Waals surface area contributed by atoms with E-state index < -0.39 is 33.6 Å². The van der Waals surface area contributed by atoms with Gasteiger partial charge < -0.3 is 11.5 Å². The molecule has 1 rings (SSSR count). The maximum absolute atomic E-state index is 13.3. The fraction of sp³-hybridized carbons (Fsp3) is 0.111. The lowest BCUT2D eigenvalue weighted by atomic mass is 10.1. The number of halogens is 5. The molecule has 0 aliphatic carbocycles. The summed E-state index contributed by atoms with van der Waals surface area (Å²) in [4.78, 5) is 0. The molecule has 4 nitrogen and oxygen atoms in total. The molecular formula is C9H7BrF4N4. The molecule has 0 bridgehead atoms. The highest BCUT2D eigenvalue weighted by Crippen LogP contribution is 2.36. The van der Waals surface area contributed by atoms with Crippen LogP contribution in [0, 0.1) is 5.82 Å². The number of alkyl halides is 3. The summed E-state index contributed by atoms with van der Waals surface area (Å²) in [5.74, 6) is -1.28. The fourth-order valence-electron chi connectivity index (χ4n) is 1.06. The van der Waals surface area contributed by atoms with Crippen LogP contribution in [-0.2, 0) is 6.18 Å². The van der Waals surface area contributed by atoms with Gasteiger partial charge in [0.25, 0.3) is 0 Å². The molecule has 0 saturated carbocycles. The summed E-state index contributed by atoms with van der Waals surface area (Å²) in [5, 5.41) is 6.43. The second-order valence-corrected chi connectivity index (χ2v) is 3.88. The minimum atomic E-state index is -4.61. The van der Waals surface area contributed by atoms with Gasteiger partial charge in [0.1, 0.15) is 5.82 Å². The van der Waals surface area contributed by atoms with Gasteiger partial charge in [0.2, 0.25) is 5.96 Å². The summed E-state index contributed by atoms with van der Waals surface area (Å²) in [6, 6.07) is 1.31. The van der Waals surface area contributed by atoms with Crippen molar-refractivity contribution in [2.24, 2.45) is 21.7 Å². The molecule has 0 heterocycles. The Hall–Kier alpha value is -1.64. The van der Waals surface area contributed by atoms with Gasteiger partial charge in [0.05, 0.1) is 11.8 Å². The van der Waals surface area contributed by atoms with Crippen LogP contribution in [0.15, 0.2) is 26.8 Å². The van der Waals surface area contributed by atoms with Crippen LogP contribution in [-0.4, -0.2) is 12.2 Å². The van der Waals surface area contributed by atoms with Crippen LogP contribution in [0.1, 0.15) is 11.1 Å². The lowest BCUT2D eigenvalue weighted by Gasteiger charge is -2.10. The standard InChI is InChI=1S/C9H7BrF4N4/c10-7-4(3-17-18-8(15)16)6(11)2-1-5(7)9(12,13)14/h1-3H,(H4,15,16,18). The molecule has 0 atom stereocenters. The van der Waals surface area contributed by atoms with E-state index in [2.05, 4.69) is 26.1 Å². The normalized spacial score (nSPS) is 11.8. The molecule has 0 aromatic heterocycles. The van der Waals surface area contributed by atoms with Gasteiger partial charge in [0, 0.05) is 10.0 Å². The molecule has 0 unspecified atom stereocenters. The highest BCUT2D eigenvalue weighted by atomic mass is 79.9. The van der Waals surface area contributed by atoms with Crippen molar-refractivity contribution in [2.45, 2.75) is 6.18 Å². The van der Waals surface area contributed by atoms with Crippen LogP contribution in [0.3, 0.4) is 0 Å². The molecule has 4 N–H and O–H groups in total. The third-order valence-electron chi connectivity index (χ3n) is 1.79. The summed E-state index contributed by atoms with van der Waals surface area (Å²) in [7, 11) is 0. The zero-order valence-corrected chi connectivity index (χ0v) is 10.3. The molecule has 0 spiro atoms. The third-order valence-corrected chi connectivity index (χ3v) is 2.65. The van der Waals surface area contributed by atoms with E-state index in [1.54, 1.807) is 0 Å². The number of guanidine groups is 1. The van der Waals surface area contributed by atoms with Gasteiger partial charge in [-0.3, -0.25) is 0 Å². The lowest BCUT2D eigenvalue weighted by molar-refractivity contribution is -0.138. The summed E-state index contributed by atoms with van der Waals surface area (Å²) in [6.45, 7) is 0. The predicted molar refractivity (Wildman–Crippen MR) is 62.5 cm³/mol. The van der Waals surface area contributed by atoms with Crippen LogP contribution in [0.4, 0.5) is 17.6 Å². The number of hydrogen-bond donors (Lipinski definition) is 2. The Morgan fingerprint density at radius 1 is 1.28 bits per heavy atom. The van der Waals surface area contributed by atoms with E-state index >= 15 is 0 Å². The molecule has 0 aliphatic rings. The first-order valence-corrected chi connectivity index (χ1v) is 5.20. The Morgan fingerprint density at radius 2 is 1.89 bits per heavy atom. The van der Waals surface area contributed by atoms with Crippen molar-refractivity contribution in [2.75, 3.05) is 0 Å². The Balaban J connectivity index is 3.28. The van der Waals surface area contributed by atoms with Crippen LogP contribution < -0.4 is 11.5 Å².